The fourth-order valence-corrected chi connectivity index (χ4v) is 5.75. The Morgan fingerprint density at radius 1 is 1.14 bits per heavy atom. The van der Waals surface area contributed by atoms with Crippen LogP contribution in [0.25, 0.3) is 0 Å². The van der Waals surface area contributed by atoms with E-state index in [2.05, 4.69) is 15.3 Å². The van der Waals surface area contributed by atoms with E-state index in [-0.39, 0.29) is 36.4 Å². The minimum Gasteiger partial charge on any atom is -0.479 e. The fourth-order valence-electron chi connectivity index (χ4n) is 4.62. The van der Waals surface area contributed by atoms with Crippen LogP contribution in [-0.4, -0.2) is 47.0 Å². The number of hydrogen-bond donors (Lipinski definition) is 1. The van der Waals surface area contributed by atoms with E-state index < -0.39 is 35.2 Å². The van der Waals surface area contributed by atoms with Gasteiger partial charge in [0.05, 0.1) is 13.7 Å². The molecule has 1 amide bonds. The molecule has 3 heterocycles. The zero-order chi connectivity index (χ0) is 26.2. The van der Waals surface area contributed by atoms with Crippen LogP contribution in [0.15, 0.2) is 59.6 Å². The van der Waals surface area contributed by atoms with Gasteiger partial charge < -0.3 is 15.0 Å². The van der Waals surface area contributed by atoms with Crippen molar-refractivity contribution in [2.75, 3.05) is 30.9 Å². The molecule has 2 atom stereocenters. The molecule has 1 aromatic heterocycles. The molecule has 7 nitrogen and oxygen atoms in total. The van der Waals surface area contributed by atoms with Gasteiger partial charge in [-0.2, -0.15) is 9.37 Å². The number of anilines is 1. The molecule has 0 aliphatic carbocycles. The Bertz CT molecular complexity index is 1360. The predicted octanol–water partition coefficient (Wildman–Crippen LogP) is 4.57. The van der Waals surface area contributed by atoms with Crippen LogP contribution in [0.4, 0.5) is 23.5 Å². The third-order valence-corrected chi connectivity index (χ3v) is 7.42. The number of amides is 1. The number of benzene rings is 2. The first kappa shape index (κ1) is 25.0. The zero-order valence-electron chi connectivity index (χ0n) is 19.5. The van der Waals surface area contributed by atoms with Crippen molar-refractivity contribution >= 4 is 28.8 Å². The highest BCUT2D eigenvalue weighted by molar-refractivity contribution is 8.13. The van der Waals surface area contributed by atoms with Crippen LogP contribution in [0.1, 0.15) is 28.0 Å². The lowest BCUT2D eigenvalue weighted by molar-refractivity contribution is 0.0977. The SMILES string of the molecule is COc1nc(N2C[C@H]3CSC(NC(=O)c4ccccc4)=N[C@@]3(c3ccccc3F)C2)nc(C(F)F)c1F. The third-order valence-electron chi connectivity index (χ3n) is 6.38. The van der Waals surface area contributed by atoms with Gasteiger partial charge in [-0.15, -0.1) is 0 Å². The van der Waals surface area contributed by atoms with Crippen LogP contribution < -0.4 is 15.0 Å². The van der Waals surface area contributed by atoms with E-state index in [9.17, 15) is 18.0 Å². The van der Waals surface area contributed by atoms with Crippen LogP contribution in [-0.2, 0) is 5.54 Å². The summed E-state index contributed by atoms with van der Waals surface area (Å²) in [5.41, 5.74) is -1.53. The van der Waals surface area contributed by atoms with Gasteiger partial charge in [0.2, 0.25) is 11.8 Å². The summed E-state index contributed by atoms with van der Waals surface area (Å²) in [5.74, 6) is -2.82. The lowest BCUT2D eigenvalue weighted by atomic mass is 9.81. The van der Waals surface area contributed by atoms with E-state index in [1.165, 1.54) is 17.8 Å². The molecule has 1 saturated heterocycles. The van der Waals surface area contributed by atoms with E-state index in [1.807, 2.05) is 0 Å². The number of ether oxygens (including phenoxy) is 1. The van der Waals surface area contributed by atoms with Gasteiger partial charge in [-0.3, -0.25) is 4.79 Å². The van der Waals surface area contributed by atoms with E-state index in [0.717, 1.165) is 7.11 Å². The van der Waals surface area contributed by atoms with Crippen molar-refractivity contribution in [3.63, 3.8) is 0 Å². The molecular formula is C25H21F4N5O2S. The Balaban J connectivity index is 1.55. The molecule has 0 bridgehead atoms. The number of halogens is 4. The Labute approximate surface area is 214 Å². The fraction of sp³-hybridized carbons (Fsp3) is 0.280. The molecule has 1 N–H and O–H groups in total. The molecule has 3 aromatic rings. The summed E-state index contributed by atoms with van der Waals surface area (Å²) < 4.78 is 61.3. The number of amidine groups is 1. The Hall–Kier alpha value is -3.67. The number of nitrogens with one attached hydrogen (secondary N) is 1. The van der Waals surface area contributed by atoms with Crippen molar-refractivity contribution in [3.8, 4) is 5.88 Å². The normalized spacial score (nSPS) is 21.0. The number of nitrogens with zero attached hydrogens (tertiary/aromatic N) is 4. The lowest BCUT2D eigenvalue weighted by Gasteiger charge is -2.35. The minimum atomic E-state index is -3.19. The van der Waals surface area contributed by atoms with Gasteiger partial charge in [-0.25, -0.2) is 23.1 Å². The number of thioether (sulfide) groups is 1. The molecule has 0 unspecified atom stereocenters. The number of alkyl halides is 2. The van der Waals surface area contributed by atoms with Crippen molar-refractivity contribution in [1.82, 2.24) is 15.3 Å². The second-order valence-corrected chi connectivity index (χ2v) is 9.57. The smallest absolute Gasteiger partial charge is 0.283 e. The monoisotopic (exact) mass is 531 g/mol. The third kappa shape index (κ3) is 4.61. The molecule has 0 spiro atoms. The standard InChI is InChI=1S/C25H21F4N5O2S/c1-36-22-18(27)19(20(28)29)30-23(32-22)34-11-15-12-37-24(31-21(35)14-7-3-2-4-8-14)33-25(15,13-34)16-9-5-6-10-17(16)26/h2-10,15,20H,11-13H2,1H3,(H,31,33,35)/t15-,25-/m0/s1. The maximum absolute atomic E-state index is 15.2. The number of methoxy groups -OCH3 is 1. The second-order valence-electron chi connectivity index (χ2n) is 8.56. The summed E-state index contributed by atoms with van der Waals surface area (Å²) in [6.45, 7) is 0.254. The maximum Gasteiger partial charge on any atom is 0.283 e. The van der Waals surface area contributed by atoms with Crippen LogP contribution in [0.3, 0.4) is 0 Å². The molecule has 2 aromatic carbocycles. The molecule has 2 aliphatic heterocycles. The molecule has 0 saturated carbocycles. The first-order chi connectivity index (χ1) is 17.8. The Morgan fingerprint density at radius 3 is 2.57 bits per heavy atom. The predicted molar refractivity (Wildman–Crippen MR) is 131 cm³/mol. The van der Waals surface area contributed by atoms with Crippen LogP contribution in [0.2, 0.25) is 0 Å². The summed E-state index contributed by atoms with van der Waals surface area (Å²) >= 11 is 1.30. The summed E-state index contributed by atoms with van der Waals surface area (Å²) in [5, 5.41) is 3.11. The summed E-state index contributed by atoms with van der Waals surface area (Å²) in [6.07, 6.45) is -3.19. The number of hydrogen-bond acceptors (Lipinski definition) is 7. The average Bonchev–Trinajstić information content (AvgIpc) is 3.29. The lowest BCUT2D eigenvalue weighted by Crippen LogP contribution is -2.43. The van der Waals surface area contributed by atoms with E-state index in [4.69, 9.17) is 9.73 Å². The number of rotatable bonds is 5. The number of carbonyl (C=O) groups is 1. The zero-order valence-corrected chi connectivity index (χ0v) is 20.3. The van der Waals surface area contributed by atoms with Crippen molar-refractivity contribution in [2.45, 2.75) is 12.0 Å². The Morgan fingerprint density at radius 2 is 1.86 bits per heavy atom. The van der Waals surface area contributed by atoms with Gasteiger partial charge in [0.1, 0.15) is 11.4 Å². The van der Waals surface area contributed by atoms with Gasteiger partial charge in [-0.05, 0) is 18.2 Å². The highest BCUT2D eigenvalue weighted by Gasteiger charge is 2.52. The molecule has 0 radical (unpaired) electrons. The van der Waals surface area contributed by atoms with Crippen molar-refractivity contribution in [3.05, 3.63) is 83.1 Å². The first-order valence-electron chi connectivity index (χ1n) is 11.3. The van der Waals surface area contributed by atoms with Crippen molar-refractivity contribution in [2.24, 2.45) is 10.9 Å². The summed E-state index contributed by atoms with van der Waals surface area (Å²) in [6, 6.07) is 14.8. The number of carbonyl (C=O) groups excluding carboxylic acids is 1. The molecule has 2 aliphatic rings. The van der Waals surface area contributed by atoms with E-state index in [0.29, 0.717) is 16.5 Å². The molecule has 5 rings (SSSR count). The summed E-state index contributed by atoms with van der Waals surface area (Å²) in [4.78, 5) is 26.9. The largest absolute Gasteiger partial charge is 0.479 e. The number of aliphatic imine (C=N–C) groups is 1. The van der Waals surface area contributed by atoms with Gasteiger partial charge in [0.15, 0.2) is 10.9 Å². The van der Waals surface area contributed by atoms with Gasteiger partial charge >= 0.3 is 0 Å². The van der Waals surface area contributed by atoms with E-state index >= 15 is 4.39 Å². The first-order valence-corrected chi connectivity index (χ1v) is 12.3. The van der Waals surface area contributed by atoms with E-state index in [1.54, 1.807) is 53.4 Å². The van der Waals surface area contributed by atoms with Crippen LogP contribution in [0, 0.1) is 17.6 Å². The highest BCUT2D eigenvalue weighted by atomic mass is 32.2. The molecule has 12 heteroatoms. The number of aromatic nitrogens is 2. The van der Waals surface area contributed by atoms with Gasteiger partial charge in [0.25, 0.3) is 18.2 Å². The van der Waals surface area contributed by atoms with Crippen molar-refractivity contribution < 1.29 is 27.1 Å². The minimum absolute atomic E-state index is 0.0152. The number of fused-ring (bicyclic) bond motifs is 1. The highest BCUT2D eigenvalue weighted by Crippen LogP contribution is 2.47. The average molecular weight is 532 g/mol. The molecular weight excluding hydrogens is 510 g/mol. The van der Waals surface area contributed by atoms with Crippen LogP contribution in [0.5, 0.6) is 5.88 Å². The van der Waals surface area contributed by atoms with Crippen molar-refractivity contribution in [1.29, 1.82) is 0 Å². The Kier molecular flexibility index (Phi) is 6.76. The van der Waals surface area contributed by atoms with Gasteiger partial charge in [-0.1, -0.05) is 48.2 Å². The molecule has 1 fully saturated rings. The topological polar surface area (TPSA) is 79.7 Å². The quantitative estimate of drug-likeness (QED) is 0.486. The molecule has 37 heavy (non-hydrogen) atoms. The molecule has 192 valence electrons. The second kappa shape index (κ2) is 10.0. The summed E-state index contributed by atoms with van der Waals surface area (Å²) in [7, 11) is 1.12. The van der Waals surface area contributed by atoms with Crippen LogP contribution >= 0.6 is 11.8 Å². The maximum atomic E-state index is 15.2. The van der Waals surface area contributed by atoms with Gasteiger partial charge in [0, 0.05) is 29.3 Å².